The summed E-state index contributed by atoms with van der Waals surface area (Å²) in [6, 6.07) is 11.8. The maximum Gasteiger partial charge on any atom is 0.317 e. The van der Waals surface area contributed by atoms with Crippen molar-refractivity contribution in [3.8, 4) is 0 Å². The fourth-order valence-corrected chi connectivity index (χ4v) is 4.29. The van der Waals surface area contributed by atoms with Gasteiger partial charge in [0.1, 0.15) is 5.76 Å². The van der Waals surface area contributed by atoms with E-state index in [4.69, 9.17) is 9.52 Å². The van der Waals surface area contributed by atoms with Crippen LogP contribution in [0.1, 0.15) is 39.0 Å². The molecule has 2 rings (SSSR count). The Morgan fingerprint density at radius 3 is 2.33 bits per heavy atom. The van der Waals surface area contributed by atoms with Gasteiger partial charge < -0.3 is 14.6 Å². The molecule has 0 fully saturated rings. The molecule has 2 aromatic rings. The molecule has 2 atom stereocenters. The van der Waals surface area contributed by atoms with Crippen molar-refractivity contribution < 1.29 is 24.2 Å². The molecule has 0 aliphatic heterocycles. The van der Waals surface area contributed by atoms with Crippen molar-refractivity contribution in [3.05, 3.63) is 54.0 Å². The average Bonchev–Trinajstić information content (AvgIpc) is 3.19. The Hall–Kier alpha value is -2.25. The van der Waals surface area contributed by atoms with Gasteiger partial charge in [-0.25, -0.2) is 0 Å². The smallest absolute Gasteiger partial charge is 0.317 e. The predicted molar refractivity (Wildman–Crippen MR) is 118 cm³/mol. The van der Waals surface area contributed by atoms with Crippen LogP contribution in [0.3, 0.4) is 0 Å². The van der Waals surface area contributed by atoms with E-state index in [0.29, 0.717) is 13.1 Å². The fraction of sp³-hybridized carbons (Fsp3) is 0.478. The Labute approximate surface area is 182 Å². The molecule has 0 aliphatic rings. The van der Waals surface area contributed by atoms with Crippen LogP contribution in [0.15, 0.2) is 52.0 Å². The van der Waals surface area contributed by atoms with E-state index in [0.717, 1.165) is 22.6 Å². The first kappa shape index (κ1) is 24.0. The van der Waals surface area contributed by atoms with Crippen LogP contribution >= 0.6 is 11.8 Å². The number of thioether (sulfide) groups is 1. The standard InChI is InChI=1S/C23H31NO5S/c1-16(22(27)28)23(3,4)17(2)30-20-9-7-18(8-10-20)11-12-24(15-21(25)26)14-19-6-5-13-29-19/h5-10,13,16-17H,11-12,14-15H2,1-4H3,(H,25,26)(H,27,28). The van der Waals surface area contributed by atoms with Gasteiger partial charge in [-0.05, 0) is 41.7 Å². The number of carbonyl (C=O) groups is 2. The minimum Gasteiger partial charge on any atom is -0.481 e. The summed E-state index contributed by atoms with van der Waals surface area (Å²) >= 11 is 1.68. The molecule has 0 aliphatic carbocycles. The van der Waals surface area contributed by atoms with Crippen molar-refractivity contribution in [2.75, 3.05) is 13.1 Å². The summed E-state index contributed by atoms with van der Waals surface area (Å²) < 4.78 is 5.34. The highest BCUT2D eigenvalue weighted by Gasteiger charge is 2.36. The van der Waals surface area contributed by atoms with Crippen LogP contribution in [-0.4, -0.2) is 45.4 Å². The summed E-state index contributed by atoms with van der Waals surface area (Å²) in [5, 5.41) is 18.6. The lowest BCUT2D eigenvalue weighted by atomic mass is 9.77. The van der Waals surface area contributed by atoms with Crippen molar-refractivity contribution >= 4 is 23.7 Å². The van der Waals surface area contributed by atoms with Crippen LogP contribution in [0.5, 0.6) is 0 Å². The van der Waals surface area contributed by atoms with Gasteiger partial charge >= 0.3 is 11.9 Å². The van der Waals surface area contributed by atoms with Crippen molar-refractivity contribution in [3.63, 3.8) is 0 Å². The first-order valence-corrected chi connectivity index (χ1v) is 10.9. The minimum atomic E-state index is -0.861. The van der Waals surface area contributed by atoms with Crippen LogP contribution in [0.2, 0.25) is 0 Å². The molecule has 0 saturated heterocycles. The quantitative estimate of drug-likeness (QED) is 0.471. The number of hydrogen-bond donors (Lipinski definition) is 2. The van der Waals surface area contributed by atoms with E-state index in [1.54, 1.807) is 31.0 Å². The number of carboxylic acids is 2. The molecule has 7 heteroatoms. The third-order valence-corrected chi connectivity index (χ3v) is 7.31. The minimum absolute atomic E-state index is 0.0387. The summed E-state index contributed by atoms with van der Waals surface area (Å²) in [5.41, 5.74) is 0.776. The van der Waals surface area contributed by atoms with Gasteiger partial charge in [-0.3, -0.25) is 14.5 Å². The van der Waals surface area contributed by atoms with Crippen LogP contribution in [-0.2, 0) is 22.6 Å². The maximum absolute atomic E-state index is 11.4. The normalized spacial score (nSPS) is 13.9. The molecule has 0 radical (unpaired) electrons. The number of benzene rings is 1. The molecule has 0 spiro atoms. The zero-order chi connectivity index (χ0) is 22.3. The molecular weight excluding hydrogens is 402 g/mol. The number of furan rings is 1. The first-order chi connectivity index (χ1) is 14.1. The Morgan fingerprint density at radius 2 is 1.80 bits per heavy atom. The van der Waals surface area contributed by atoms with Gasteiger partial charge in [0.25, 0.3) is 0 Å². The number of carboxylic acid groups (broad SMARTS) is 2. The second-order valence-corrected chi connectivity index (χ2v) is 9.63. The molecule has 30 heavy (non-hydrogen) atoms. The van der Waals surface area contributed by atoms with Gasteiger partial charge in [0, 0.05) is 16.7 Å². The summed E-state index contributed by atoms with van der Waals surface area (Å²) in [6.45, 7) is 8.84. The highest BCUT2D eigenvalue weighted by Crippen LogP contribution is 2.40. The zero-order valence-electron chi connectivity index (χ0n) is 18.0. The number of aliphatic carboxylic acids is 2. The molecule has 2 N–H and O–H groups in total. The number of nitrogens with zero attached hydrogens (tertiary/aromatic N) is 1. The van der Waals surface area contributed by atoms with Gasteiger partial charge in [-0.1, -0.05) is 39.8 Å². The van der Waals surface area contributed by atoms with Gasteiger partial charge in [-0.2, -0.15) is 0 Å². The molecule has 1 aromatic carbocycles. The van der Waals surface area contributed by atoms with Crippen LogP contribution in [0, 0.1) is 11.3 Å². The molecule has 0 bridgehead atoms. The molecule has 1 aromatic heterocycles. The molecule has 6 nitrogen and oxygen atoms in total. The average molecular weight is 434 g/mol. The topological polar surface area (TPSA) is 91.0 Å². The van der Waals surface area contributed by atoms with Gasteiger partial charge in [-0.15, -0.1) is 11.8 Å². The predicted octanol–water partition coefficient (Wildman–Crippen LogP) is 4.64. The van der Waals surface area contributed by atoms with Gasteiger partial charge in [0.15, 0.2) is 0 Å². The molecule has 2 unspecified atom stereocenters. The fourth-order valence-electron chi connectivity index (χ4n) is 3.08. The number of rotatable bonds is 12. The second kappa shape index (κ2) is 10.7. The van der Waals surface area contributed by atoms with Gasteiger partial charge in [0.05, 0.1) is 25.3 Å². The zero-order valence-corrected chi connectivity index (χ0v) is 18.8. The van der Waals surface area contributed by atoms with Crippen molar-refractivity contribution in [2.45, 2.75) is 50.8 Å². The van der Waals surface area contributed by atoms with E-state index in [9.17, 15) is 14.7 Å². The number of hydrogen-bond acceptors (Lipinski definition) is 5. The molecule has 164 valence electrons. The van der Waals surface area contributed by atoms with Crippen molar-refractivity contribution in [1.82, 2.24) is 4.90 Å². The van der Waals surface area contributed by atoms with E-state index in [1.807, 2.05) is 36.9 Å². The van der Waals surface area contributed by atoms with E-state index in [-0.39, 0.29) is 17.2 Å². The molecule has 1 heterocycles. The van der Waals surface area contributed by atoms with Crippen LogP contribution in [0.25, 0.3) is 0 Å². The third-order valence-electron chi connectivity index (χ3n) is 5.81. The van der Waals surface area contributed by atoms with E-state index >= 15 is 0 Å². The van der Waals surface area contributed by atoms with Crippen molar-refractivity contribution in [2.24, 2.45) is 11.3 Å². The maximum atomic E-state index is 11.4. The molecule has 0 amide bonds. The highest BCUT2D eigenvalue weighted by atomic mass is 32.2. The van der Waals surface area contributed by atoms with Crippen LogP contribution < -0.4 is 0 Å². The lowest BCUT2D eigenvalue weighted by Crippen LogP contribution is -2.36. The summed E-state index contributed by atoms with van der Waals surface area (Å²) in [4.78, 5) is 25.5. The third kappa shape index (κ3) is 6.92. The lowest BCUT2D eigenvalue weighted by Gasteiger charge is -2.35. The highest BCUT2D eigenvalue weighted by molar-refractivity contribution is 8.00. The largest absolute Gasteiger partial charge is 0.481 e. The van der Waals surface area contributed by atoms with Gasteiger partial charge in [0.2, 0.25) is 0 Å². The van der Waals surface area contributed by atoms with Crippen molar-refractivity contribution in [1.29, 1.82) is 0 Å². The Kier molecular flexibility index (Phi) is 8.55. The van der Waals surface area contributed by atoms with E-state index in [2.05, 4.69) is 19.1 Å². The SMILES string of the molecule is CC(Sc1ccc(CCN(CC(=O)O)Cc2ccco2)cc1)C(C)(C)C(C)C(=O)O. The second-order valence-electron chi connectivity index (χ2n) is 8.22. The molecule has 0 saturated carbocycles. The lowest BCUT2D eigenvalue weighted by molar-refractivity contribution is -0.145. The monoisotopic (exact) mass is 433 g/mol. The summed E-state index contributed by atoms with van der Waals surface area (Å²) in [6.07, 6.45) is 2.32. The molecular formula is C23H31NO5S. The Bertz CT molecular complexity index is 817. The van der Waals surface area contributed by atoms with E-state index in [1.165, 1.54) is 0 Å². The van der Waals surface area contributed by atoms with E-state index < -0.39 is 17.9 Å². The Balaban J connectivity index is 1.94. The summed E-state index contributed by atoms with van der Waals surface area (Å²) in [7, 11) is 0. The van der Waals surface area contributed by atoms with Crippen LogP contribution in [0.4, 0.5) is 0 Å². The summed E-state index contributed by atoms with van der Waals surface area (Å²) in [5.74, 6) is -1.33. The first-order valence-electron chi connectivity index (χ1n) is 10.0. The Morgan fingerprint density at radius 1 is 1.13 bits per heavy atom.